The monoisotopic (exact) mass is 289 g/mol. The Balaban J connectivity index is 2.27. The van der Waals surface area contributed by atoms with E-state index >= 15 is 0 Å². The van der Waals surface area contributed by atoms with Gasteiger partial charge in [-0.2, -0.15) is 0 Å². The van der Waals surface area contributed by atoms with Gasteiger partial charge in [0.1, 0.15) is 11.5 Å². The van der Waals surface area contributed by atoms with Crippen molar-refractivity contribution in [2.45, 2.75) is 13.8 Å². The van der Waals surface area contributed by atoms with Crippen LogP contribution in [0.1, 0.15) is 21.6 Å². The Morgan fingerprint density at radius 2 is 1.80 bits per heavy atom. The number of carbonyl (C=O) groups is 1. The van der Waals surface area contributed by atoms with Gasteiger partial charge in [-0.05, 0) is 49.2 Å². The number of nitrogens with one attached hydrogen (secondary N) is 2. The van der Waals surface area contributed by atoms with Crippen molar-refractivity contribution in [2.24, 2.45) is 0 Å². The summed E-state index contributed by atoms with van der Waals surface area (Å²) in [7, 11) is 1.74. The highest BCUT2D eigenvalue weighted by molar-refractivity contribution is 6.34. The maximum atomic E-state index is 12.2. The predicted molar refractivity (Wildman–Crippen MR) is 82.7 cm³/mol. The van der Waals surface area contributed by atoms with E-state index in [2.05, 4.69) is 15.6 Å². The maximum Gasteiger partial charge on any atom is 0.275 e. The first-order chi connectivity index (χ1) is 9.49. The van der Waals surface area contributed by atoms with E-state index in [9.17, 15) is 4.79 Å². The quantitative estimate of drug-likeness (QED) is 0.907. The third-order valence-electron chi connectivity index (χ3n) is 2.80. The lowest BCUT2D eigenvalue weighted by Gasteiger charge is -2.09. The molecule has 0 saturated heterocycles. The number of aryl methyl sites for hydroxylation is 2. The van der Waals surface area contributed by atoms with E-state index in [1.807, 2.05) is 32.0 Å². The minimum absolute atomic E-state index is 0.206. The zero-order chi connectivity index (χ0) is 14.7. The fourth-order valence-electron chi connectivity index (χ4n) is 1.98. The van der Waals surface area contributed by atoms with E-state index < -0.39 is 0 Å². The number of carbonyl (C=O) groups excluding carboxylic acids is 1. The molecule has 0 radical (unpaired) electrons. The molecule has 5 heteroatoms. The van der Waals surface area contributed by atoms with Crippen molar-refractivity contribution in [3.05, 3.63) is 52.2 Å². The molecule has 0 bridgehead atoms. The Morgan fingerprint density at radius 1 is 1.15 bits per heavy atom. The molecule has 2 rings (SSSR count). The van der Waals surface area contributed by atoms with Gasteiger partial charge in [0, 0.05) is 12.7 Å². The highest BCUT2D eigenvalue weighted by Crippen LogP contribution is 2.19. The highest BCUT2D eigenvalue weighted by atomic mass is 35.5. The molecule has 0 saturated carbocycles. The Bertz CT molecular complexity index is 635. The summed E-state index contributed by atoms with van der Waals surface area (Å²) in [6, 6.07) is 9.22. The smallest absolute Gasteiger partial charge is 0.275 e. The van der Waals surface area contributed by atoms with Crippen LogP contribution in [0, 0.1) is 13.8 Å². The molecule has 1 heterocycles. The molecular formula is C15H16ClN3O. The molecule has 0 fully saturated rings. The van der Waals surface area contributed by atoms with Crippen LogP contribution in [0.25, 0.3) is 0 Å². The lowest BCUT2D eigenvalue weighted by Crippen LogP contribution is -2.15. The Hall–Kier alpha value is -2.07. The zero-order valence-corrected chi connectivity index (χ0v) is 12.4. The summed E-state index contributed by atoms with van der Waals surface area (Å²) in [5.74, 6) is 0.275. The van der Waals surface area contributed by atoms with Crippen molar-refractivity contribution in [1.29, 1.82) is 0 Å². The number of aromatic nitrogens is 1. The summed E-state index contributed by atoms with van der Waals surface area (Å²) in [5, 5.41) is 6.03. The molecule has 2 N–H and O–H groups in total. The molecule has 0 spiro atoms. The lowest BCUT2D eigenvalue weighted by molar-refractivity contribution is 0.102. The predicted octanol–water partition coefficient (Wildman–Crippen LogP) is 3.65. The van der Waals surface area contributed by atoms with Crippen LogP contribution in [0.4, 0.5) is 11.5 Å². The molecule has 1 amide bonds. The number of pyridine rings is 1. The van der Waals surface area contributed by atoms with Crippen LogP contribution < -0.4 is 10.6 Å². The van der Waals surface area contributed by atoms with Crippen LogP contribution in [0.5, 0.6) is 0 Å². The van der Waals surface area contributed by atoms with E-state index in [1.165, 1.54) is 0 Å². The van der Waals surface area contributed by atoms with Gasteiger partial charge in [-0.3, -0.25) is 4.79 Å². The average molecular weight is 290 g/mol. The van der Waals surface area contributed by atoms with Gasteiger partial charge in [-0.1, -0.05) is 17.7 Å². The molecule has 4 nitrogen and oxygen atoms in total. The number of nitrogens with zero attached hydrogens (tertiary/aromatic N) is 1. The summed E-state index contributed by atoms with van der Waals surface area (Å²) >= 11 is 6.03. The van der Waals surface area contributed by atoms with Crippen molar-refractivity contribution in [3.63, 3.8) is 0 Å². The minimum Gasteiger partial charge on any atom is -0.373 e. The van der Waals surface area contributed by atoms with Crippen LogP contribution in [-0.2, 0) is 0 Å². The molecule has 1 aromatic heterocycles. The van der Waals surface area contributed by atoms with Gasteiger partial charge in [0.2, 0.25) is 0 Å². The summed E-state index contributed by atoms with van der Waals surface area (Å²) in [5.41, 5.74) is 3.12. The van der Waals surface area contributed by atoms with Crippen molar-refractivity contribution in [2.75, 3.05) is 17.7 Å². The lowest BCUT2D eigenvalue weighted by atomic mass is 10.1. The molecule has 2 aromatic rings. The first kappa shape index (κ1) is 14.3. The average Bonchev–Trinajstić information content (AvgIpc) is 2.37. The fourth-order valence-corrected chi connectivity index (χ4v) is 2.17. The number of amides is 1. The van der Waals surface area contributed by atoms with Crippen LogP contribution in [0.15, 0.2) is 30.3 Å². The van der Waals surface area contributed by atoms with E-state index in [0.717, 1.165) is 16.8 Å². The Labute approximate surface area is 123 Å². The second kappa shape index (κ2) is 5.92. The fraction of sp³-hybridized carbons (Fsp3) is 0.200. The molecular weight excluding hydrogens is 274 g/mol. The van der Waals surface area contributed by atoms with Gasteiger partial charge >= 0.3 is 0 Å². The van der Waals surface area contributed by atoms with Gasteiger partial charge in [0.15, 0.2) is 0 Å². The molecule has 0 aliphatic rings. The van der Waals surface area contributed by atoms with Crippen LogP contribution >= 0.6 is 11.6 Å². The van der Waals surface area contributed by atoms with Crippen molar-refractivity contribution >= 4 is 29.0 Å². The minimum atomic E-state index is -0.322. The first-order valence-corrected chi connectivity index (χ1v) is 6.61. The van der Waals surface area contributed by atoms with Gasteiger partial charge in [0.25, 0.3) is 5.91 Å². The number of anilines is 2. The molecule has 0 atom stereocenters. The Morgan fingerprint density at radius 3 is 2.40 bits per heavy atom. The van der Waals surface area contributed by atoms with Gasteiger partial charge in [-0.25, -0.2) is 4.98 Å². The summed E-state index contributed by atoms with van der Waals surface area (Å²) in [6.07, 6.45) is 0. The highest BCUT2D eigenvalue weighted by Gasteiger charge is 2.13. The number of halogens is 1. The zero-order valence-electron chi connectivity index (χ0n) is 11.6. The first-order valence-electron chi connectivity index (χ1n) is 6.23. The summed E-state index contributed by atoms with van der Waals surface area (Å²) in [6.45, 7) is 3.96. The standard InChI is InChI=1S/C15H16ClN3O/c1-9-6-10(2)8-11(7-9)18-15(20)14-12(16)4-5-13(17-3)19-14/h4-8H,1-3H3,(H,17,19)(H,18,20). The van der Waals surface area contributed by atoms with E-state index in [4.69, 9.17) is 11.6 Å². The molecule has 104 valence electrons. The van der Waals surface area contributed by atoms with Crippen molar-refractivity contribution in [3.8, 4) is 0 Å². The topological polar surface area (TPSA) is 54.0 Å². The SMILES string of the molecule is CNc1ccc(Cl)c(C(=O)Nc2cc(C)cc(C)c2)n1. The van der Waals surface area contributed by atoms with Crippen molar-refractivity contribution in [1.82, 2.24) is 4.98 Å². The van der Waals surface area contributed by atoms with E-state index in [0.29, 0.717) is 10.8 Å². The van der Waals surface area contributed by atoms with Crippen LogP contribution in [0.2, 0.25) is 5.02 Å². The summed E-state index contributed by atoms with van der Waals surface area (Å²) < 4.78 is 0. The van der Waals surface area contributed by atoms with Crippen LogP contribution in [0.3, 0.4) is 0 Å². The Kier molecular flexibility index (Phi) is 4.25. The molecule has 20 heavy (non-hydrogen) atoms. The second-order valence-corrected chi connectivity index (χ2v) is 5.01. The molecule has 0 unspecified atom stereocenters. The molecule has 0 aliphatic carbocycles. The second-order valence-electron chi connectivity index (χ2n) is 4.61. The third kappa shape index (κ3) is 3.27. The number of hydrogen-bond donors (Lipinski definition) is 2. The van der Waals surface area contributed by atoms with Crippen LogP contribution in [-0.4, -0.2) is 17.9 Å². The van der Waals surface area contributed by atoms with E-state index in [1.54, 1.807) is 19.2 Å². The van der Waals surface area contributed by atoms with Gasteiger partial charge in [0.05, 0.1) is 5.02 Å². The van der Waals surface area contributed by atoms with Gasteiger partial charge in [-0.15, -0.1) is 0 Å². The number of rotatable bonds is 3. The molecule has 1 aromatic carbocycles. The summed E-state index contributed by atoms with van der Waals surface area (Å²) in [4.78, 5) is 16.4. The van der Waals surface area contributed by atoms with Gasteiger partial charge < -0.3 is 10.6 Å². The largest absolute Gasteiger partial charge is 0.373 e. The van der Waals surface area contributed by atoms with E-state index in [-0.39, 0.29) is 11.6 Å². The number of hydrogen-bond acceptors (Lipinski definition) is 3. The number of benzene rings is 1. The maximum absolute atomic E-state index is 12.2. The third-order valence-corrected chi connectivity index (χ3v) is 3.10. The molecule has 0 aliphatic heterocycles. The normalized spacial score (nSPS) is 10.2. The van der Waals surface area contributed by atoms with Crippen molar-refractivity contribution < 1.29 is 4.79 Å².